The van der Waals surface area contributed by atoms with Crippen LogP contribution in [0.2, 0.25) is 10.2 Å². The number of aryl methyl sites for hydroxylation is 1. The van der Waals surface area contributed by atoms with E-state index in [9.17, 15) is 9.59 Å². The Bertz CT molecular complexity index is 850. The summed E-state index contributed by atoms with van der Waals surface area (Å²) in [6, 6.07) is 8.74. The van der Waals surface area contributed by atoms with Gasteiger partial charge in [0.15, 0.2) is 6.10 Å². The van der Waals surface area contributed by atoms with Crippen LogP contribution in [-0.2, 0) is 16.0 Å². The number of aromatic nitrogens is 1. The zero-order valence-electron chi connectivity index (χ0n) is 14.3. The molecule has 1 N–H and O–H groups in total. The summed E-state index contributed by atoms with van der Waals surface area (Å²) in [5, 5.41) is 3.14. The molecule has 0 saturated carbocycles. The van der Waals surface area contributed by atoms with Gasteiger partial charge in [-0.05, 0) is 25.1 Å². The standard InChI is InChI=1S/C18H17Cl2N3O3/c1-10-7-12(19)11(17(20)22-10)8-16(24)23-9-15(18(25)21-2)26-14-6-4-3-5-13(14)23/h3-7,15H,8-9H2,1-2H3,(H,21,25)/t15-/m1/s1. The monoisotopic (exact) mass is 393 g/mol. The van der Waals surface area contributed by atoms with Crippen LogP contribution in [0.5, 0.6) is 5.75 Å². The first kappa shape index (κ1) is 18.5. The Hall–Kier alpha value is -2.31. The fraction of sp³-hybridized carbons (Fsp3) is 0.278. The average molecular weight is 394 g/mol. The molecule has 136 valence electrons. The first-order valence-corrected chi connectivity index (χ1v) is 8.75. The molecule has 1 aromatic heterocycles. The maximum absolute atomic E-state index is 13.0. The Morgan fingerprint density at radius 2 is 2.08 bits per heavy atom. The summed E-state index contributed by atoms with van der Waals surface area (Å²) in [6.07, 6.45) is -0.819. The van der Waals surface area contributed by atoms with Crippen molar-refractivity contribution in [3.05, 3.63) is 51.8 Å². The van der Waals surface area contributed by atoms with E-state index in [1.165, 1.54) is 11.9 Å². The van der Waals surface area contributed by atoms with Crippen LogP contribution in [0.3, 0.4) is 0 Å². The average Bonchev–Trinajstić information content (AvgIpc) is 2.62. The normalized spacial score (nSPS) is 15.8. The third-order valence-electron chi connectivity index (χ3n) is 4.09. The quantitative estimate of drug-likeness (QED) is 0.813. The maximum Gasteiger partial charge on any atom is 0.262 e. The number of carbonyl (C=O) groups is 2. The number of amides is 2. The van der Waals surface area contributed by atoms with E-state index in [1.54, 1.807) is 37.3 Å². The van der Waals surface area contributed by atoms with Crippen molar-refractivity contribution in [3.63, 3.8) is 0 Å². The molecule has 0 radical (unpaired) electrons. The van der Waals surface area contributed by atoms with Crippen LogP contribution in [0.15, 0.2) is 30.3 Å². The van der Waals surface area contributed by atoms with Gasteiger partial charge in [-0.2, -0.15) is 0 Å². The number of anilines is 1. The largest absolute Gasteiger partial charge is 0.477 e. The molecule has 0 bridgehead atoms. The number of likely N-dealkylation sites (N-methyl/N-ethyl adjacent to an activating group) is 1. The smallest absolute Gasteiger partial charge is 0.262 e. The van der Waals surface area contributed by atoms with Gasteiger partial charge in [-0.15, -0.1) is 0 Å². The van der Waals surface area contributed by atoms with Crippen LogP contribution < -0.4 is 15.0 Å². The molecule has 0 fully saturated rings. The lowest BCUT2D eigenvalue weighted by atomic mass is 10.1. The first-order valence-electron chi connectivity index (χ1n) is 8.00. The minimum atomic E-state index is -0.791. The van der Waals surface area contributed by atoms with E-state index in [1.807, 2.05) is 0 Å². The third-order valence-corrected chi connectivity index (χ3v) is 4.74. The van der Waals surface area contributed by atoms with Crippen LogP contribution in [-0.4, -0.2) is 36.5 Å². The number of halogens is 2. The van der Waals surface area contributed by atoms with Crippen molar-refractivity contribution in [2.24, 2.45) is 0 Å². The molecule has 26 heavy (non-hydrogen) atoms. The molecule has 6 nitrogen and oxygen atoms in total. The SMILES string of the molecule is CNC(=O)[C@H]1CN(C(=O)Cc2c(Cl)cc(C)nc2Cl)c2ccccc2O1. The van der Waals surface area contributed by atoms with Crippen LogP contribution in [0, 0.1) is 6.92 Å². The Morgan fingerprint density at radius 1 is 1.35 bits per heavy atom. The molecule has 2 aromatic rings. The van der Waals surface area contributed by atoms with Gasteiger partial charge in [-0.1, -0.05) is 35.3 Å². The molecule has 1 aromatic carbocycles. The number of pyridine rings is 1. The topological polar surface area (TPSA) is 71.5 Å². The number of benzene rings is 1. The van der Waals surface area contributed by atoms with Gasteiger partial charge >= 0.3 is 0 Å². The second-order valence-electron chi connectivity index (χ2n) is 5.88. The van der Waals surface area contributed by atoms with Crippen molar-refractivity contribution in [1.29, 1.82) is 0 Å². The first-order chi connectivity index (χ1) is 12.4. The summed E-state index contributed by atoms with van der Waals surface area (Å²) in [5.74, 6) is -0.0746. The molecule has 0 saturated heterocycles. The Labute approximate surface area is 161 Å². The highest BCUT2D eigenvalue weighted by molar-refractivity contribution is 6.35. The van der Waals surface area contributed by atoms with Crippen molar-refractivity contribution in [2.45, 2.75) is 19.4 Å². The Morgan fingerprint density at radius 3 is 2.77 bits per heavy atom. The molecule has 2 heterocycles. The second kappa shape index (κ2) is 7.51. The molecule has 1 aliphatic heterocycles. The van der Waals surface area contributed by atoms with Gasteiger partial charge in [-0.25, -0.2) is 4.98 Å². The van der Waals surface area contributed by atoms with Crippen molar-refractivity contribution in [2.75, 3.05) is 18.5 Å². The van der Waals surface area contributed by atoms with E-state index in [4.69, 9.17) is 27.9 Å². The van der Waals surface area contributed by atoms with E-state index in [2.05, 4.69) is 10.3 Å². The third kappa shape index (κ3) is 3.61. The summed E-state index contributed by atoms with van der Waals surface area (Å²) in [5.41, 5.74) is 1.74. The maximum atomic E-state index is 13.0. The van der Waals surface area contributed by atoms with Gasteiger partial charge in [0.05, 0.1) is 18.7 Å². The van der Waals surface area contributed by atoms with Gasteiger partial charge < -0.3 is 15.0 Å². The number of carbonyl (C=O) groups excluding carboxylic acids is 2. The van der Waals surface area contributed by atoms with Crippen molar-refractivity contribution in [3.8, 4) is 5.75 Å². The highest BCUT2D eigenvalue weighted by atomic mass is 35.5. The van der Waals surface area contributed by atoms with E-state index >= 15 is 0 Å². The minimum absolute atomic E-state index is 0.0280. The zero-order valence-corrected chi connectivity index (χ0v) is 15.8. The van der Waals surface area contributed by atoms with Crippen molar-refractivity contribution < 1.29 is 14.3 Å². The van der Waals surface area contributed by atoms with Gasteiger partial charge in [0, 0.05) is 23.3 Å². The molecule has 0 unspecified atom stereocenters. The van der Waals surface area contributed by atoms with Crippen LogP contribution in [0.25, 0.3) is 0 Å². The van der Waals surface area contributed by atoms with Crippen LogP contribution in [0.1, 0.15) is 11.3 Å². The van der Waals surface area contributed by atoms with Crippen molar-refractivity contribution >= 4 is 40.7 Å². The molecule has 8 heteroatoms. The number of nitrogens with one attached hydrogen (secondary N) is 1. The number of rotatable bonds is 3. The summed E-state index contributed by atoms with van der Waals surface area (Å²) >= 11 is 12.4. The summed E-state index contributed by atoms with van der Waals surface area (Å²) in [4.78, 5) is 30.7. The molecule has 0 aliphatic carbocycles. The van der Waals surface area contributed by atoms with Gasteiger partial charge in [0.2, 0.25) is 5.91 Å². The number of ether oxygens (including phenoxy) is 1. The highest BCUT2D eigenvalue weighted by Crippen LogP contribution is 2.34. The van der Waals surface area contributed by atoms with Gasteiger partial charge in [0.1, 0.15) is 10.9 Å². The molecule has 1 atom stereocenters. The number of fused-ring (bicyclic) bond motifs is 1. The molecule has 1 aliphatic rings. The summed E-state index contributed by atoms with van der Waals surface area (Å²) < 4.78 is 5.71. The number of nitrogens with zero attached hydrogens (tertiary/aromatic N) is 2. The highest BCUT2D eigenvalue weighted by Gasteiger charge is 2.33. The van der Waals surface area contributed by atoms with E-state index in [0.717, 1.165) is 0 Å². The van der Waals surface area contributed by atoms with E-state index in [-0.39, 0.29) is 29.9 Å². The summed E-state index contributed by atoms with van der Waals surface area (Å²) in [7, 11) is 1.52. The lowest BCUT2D eigenvalue weighted by Gasteiger charge is -2.34. The predicted octanol–water partition coefficient (Wildman–Crippen LogP) is 2.78. The molecular weight excluding hydrogens is 377 g/mol. The van der Waals surface area contributed by atoms with E-state index in [0.29, 0.717) is 27.7 Å². The number of hydrogen-bond acceptors (Lipinski definition) is 4. The molecule has 2 amide bonds. The van der Waals surface area contributed by atoms with E-state index < -0.39 is 6.10 Å². The predicted molar refractivity (Wildman–Crippen MR) is 100.0 cm³/mol. The minimum Gasteiger partial charge on any atom is -0.477 e. The molecule has 0 spiro atoms. The molecular formula is C18H17Cl2N3O3. The fourth-order valence-corrected chi connectivity index (χ4v) is 3.46. The number of hydrogen-bond donors (Lipinski definition) is 1. The van der Waals surface area contributed by atoms with Crippen molar-refractivity contribution in [1.82, 2.24) is 10.3 Å². The second-order valence-corrected chi connectivity index (χ2v) is 6.65. The van der Waals surface area contributed by atoms with Gasteiger partial charge in [-0.3, -0.25) is 9.59 Å². The molecule has 3 rings (SSSR count). The number of para-hydroxylation sites is 2. The Balaban J connectivity index is 1.92. The lowest BCUT2D eigenvalue weighted by molar-refractivity contribution is -0.127. The lowest BCUT2D eigenvalue weighted by Crippen LogP contribution is -2.50. The van der Waals surface area contributed by atoms with Crippen LogP contribution >= 0.6 is 23.2 Å². The fourth-order valence-electron chi connectivity index (χ4n) is 2.80. The van der Waals surface area contributed by atoms with Crippen LogP contribution in [0.4, 0.5) is 5.69 Å². The zero-order chi connectivity index (χ0) is 18.8. The Kier molecular flexibility index (Phi) is 5.34. The summed E-state index contributed by atoms with van der Waals surface area (Å²) in [6.45, 7) is 1.87. The van der Waals surface area contributed by atoms with Gasteiger partial charge in [0.25, 0.3) is 5.91 Å².